The van der Waals surface area contributed by atoms with Gasteiger partial charge in [-0.25, -0.2) is 0 Å². The smallest absolute Gasteiger partial charge is 0.233 e. The molecule has 0 aliphatic heterocycles. The second kappa shape index (κ2) is 10.5. The third-order valence-corrected chi connectivity index (χ3v) is 5.55. The van der Waals surface area contributed by atoms with Crippen LogP contribution in [0.25, 0.3) is 0 Å². The Hall–Kier alpha value is -1.80. The molecule has 0 aliphatic rings. The van der Waals surface area contributed by atoms with E-state index in [0.29, 0.717) is 22.7 Å². The van der Waals surface area contributed by atoms with Crippen molar-refractivity contribution in [2.24, 2.45) is 11.8 Å². The molecule has 1 aromatic heterocycles. The monoisotopic (exact) mass is 408 g/mol. The van der Waals surface area contributed by atoms with Crippen molar-refractivity contribution in [3.8, 4) is 5.75 Å². The van der Waals surface area contributed by atoms with Gasteiger partial charge in [0.1, 0.15) is 5.75 Å². The standard InChI is InChI=1S/C19H28N4O2S2/c1-13(2)10-23(11-14(3)4)17(24)12-26-19-22-21-18(27-19)20-15-6-8-16(25-5)9-7-15/h6-9,13-14H,10-12H2,1-5H3,(H,20,21). The fraction of sp³-hybridized carbons (Fsp3) is 0.526. The molecule has 0 spiro atoms. The van der Waals surface area contributed by atoms with Crippen molar-refractivity contribution in [3.63, 3.8) is 0 Å². The highest BCUT2D eigenvalue weighted by Crippen LogP contribution is 2.28. The SMILES string of the molecule is COc1ccc(Nc2nnc(SCC(=O)N(CC(C)C)CC(C)C)s2)cc1. The van der Waals surface area contributed by atoms with Crippen LogP contribution in [0.4, 0.5) is 10.8 Å². The van der Waals surface area contributed by atoms with E-state index in [0.717, 1.165) is 28.9 Å². The first-order valence-electron chi connectivity index (χ1n) is 9.02. The fourth-order valence-corrected chi connectivity index (χ4v) is 4.17. The highest BCUT2D eigenvalue weighted by atomic mass is 32.2. The van der Waals surface area contributed by atoms with Gasteiger partial charge in [-0.2, -0.15) is 0 Å². The van der Waals surface area contributed by atoms with E-state index < -0.39 is 0 Å². The second-order valence-corrected chi connectivity index (χ2v) is 9.30. The number of carbonyl (C=O) groups excluding carboxylic acids is 1. The molecule has 1 amide bonds. The van der Waals surface area contributed by atoms with Crippen molar-refractivity contribution >= 4 is 39.8 Å². The molecular formula is C19H28N4O2S2. The zero-order valence-electron chi connectivity index (χ0n) is 16.6. The maximum Gasteiger partial charge on any atom is 0.233 e. The molecule has 0 aliphatic carbocycles. The van der Waals surface area contributed by atoms with Gasteiger partial charge in [-0.1, -0.05) is 50.8 Å². The number of rotatable bonds is 10. The molecule has 0 radical (unpaired) electrons. The number of thioether (sulfide) groups is 1. The van der Waals surface area contributed by atoms with Crippen LogP contribution >= 0.6 is 23.1 Å². The highest BCUT2D eigenvalue weighted by molar-refractivity contribution is 8.01. The molecule has 0 bridgehead atoms. The van der Waals surface area contributed by atoms with Crippen molar-refractivity contribution < 1.29 is 9.53 Å². The second-order valence-electron chi connectivity index (χ2n) is 7.10. The van der Waals surface area contributed by atoms with Gasteiger partial charge in [-0.05, 0) is 36.1 Å². The van der Waals surface area contributed by atoms with Gasteiger partial charge >= 0.3 is 0 Å². The molecule has 2 rings (SSSR count). The molecular weight excluding hydrogens is 380 g/mol. The van der Waals surface area contributed by atoms with Crippen LogP contribution in [0.1, 0.15) is 27.7 Å². The minimum atomic E-state index is 0.155. The summed E-state index contributed by atoms with van der Waals surface area (Å²) in [7, 11) is 1.64. The zero-order valence-corrected chi connectivity index (χ0v) is 18.2. The maximum absolute atomic E-state index is 12.6. The van der Waals surface area contributed by atoms with Gasteiger partial charge in [0.2, 0.25) is 11.0 Å². The number of anilines is 2. The molecule has 1 aromatic carbocycles. The molecule has 0 saturated carbocycles. The third kappa shape index (κ3) is 7.38. The van der Waals surface area contributed by atoms with Crippen molar-refractivity contribution in [1.29, 1.82) is 0 Å². The largest absolute Gasteiger partial charge is 0.497 e. The number of nitrogens with one attached hydrogen (secondary N) is 1. The lowest BCUT2D eigenvalue weighted by Crippen LogP contribution is -2.38. The van der Waals surface area contributed by atoms with E-state index >= 15 is 0 Å². The molecule has 148 valence electrons. The summed E-state index contributed by atoms with van der Waals surface area (Å²) in [6, 6.07) is 7.62. The van der Waals surface area contributed by atoms with Crippen LogP contribution in [0.2, 0.25) is 0 Å². The van der Waals surface area contributed by atoms with Crippen molar-refractivity contribution in [1.82, 2.24) is 15.1 Å². The number of methoxy groups -OCH3 is 1. The molecule has 8 heteroatoms. The van der Waals surface area contributed by atoms with E-state index in [1.54, 1.807) is 7.11 Å². The molecule has 0 unspecified atom stereocenters. The molecule has 1 heterocycles. The number of carbonyl (C=O) groups is 1. The Morgan fingerprint density at radius 1 is 1.15 bits per heavy atom. The van der Waals surface area contributed by atoms with Crippen LogP contribution in [-0.2, 0) is 4.79 Å². The molecule has 0 fully saturated rings. The van der Waals surface area contributed by atoms with E-state index in [1.165, 1.54) is 23.1 Å². The van der Waals surface area contributed by atoms with Crippen molar-refractivity contribution in [2.45, 2.75) is 32.0 Å². The van der Waals surface area contributed by atoms with E-state index in [-0.39, 0.29) is 5.91 Å². The van der Waals surface area contributed by atoms with Crippen LogP contribution in [-0.4, -0.2) is 47.0 Å². The molecule has 0 atom stereocenters. The quantitative estimate of drug-likeness (QED) is 0.583. The van der Waals surface area contributed by atoms with Crippen LogP contribution < -0.4 is 10.1 Å². The van der Waals surface area contributed by atoms with E-state index in [9.17, 15) is 4.79 Å². The molecule has 27 heavy (non-hydrogen) atoms. The lowest BCUT2D eigenvalue weighted by atomic mass is 10.1. The first-order valence-corrected chi connectivity index (χ1v) is 10.8. The predicted molar refractivity (Wildman–Crippen MR) is 113 cm³/mol. The minimum Gasteiger partial charge on any atom is -0.497 e. The summed E-state index contributed by atoms with van der Waals surface area (Å²) in [5, 5.41) is 12.3. The van der Waals surface area contributed by atoms with E-state index in [2.05, 4.69) is 43.2 Å². The average Bonchev–Trinajstić information content (AvgIpc) is 3.06. The first-order chi connectivity index (χ1) is 12.9. The molecule has 6 nitrogen and oxygen atoms in total. The molecule has 2 aromatic rings. The average molecular weight is 409 g/mol. The van der Waals surface area contributed by atoms with Crippen LogP contribution in [0.15, 0.2) is 28.6 Å². The summed E-state index contributed by atoms with van der Waals surface area (Å²) in [6.07, 6.45) is 0. The van der Waals surface area contributed by atoms with Gasteiger partial charge in [-0.15, -0.1) is 10.2 Å². The summed E-state index contributed by atoms with van der Waals surface area (Å²) >= 11 is 2.89. The van der Waals surface area contributed by atoms with E-state index in [4.69, 9.17) is 4.74 Å². The first kappa shape index (κ1) is 21.5. The summed E-state index contributed by atoms with van der Waals surface area (Å²) in [5.74, 6) is 2.26. The Balaban J connectivity index is 1.89. The van der Waals surface area contributed by atoms with Crippen LogP contribution in [0, 0.1) is 11.8 Å². The molecule has 1 N–H and O–H groups in total. The van der Waals surface area contributed by atoms with Crippen molar-refractivity contribution in [3.05, 3.63) is 24.3 Å². The predicted octanol–water partition coefficient (Wildman–Crippen LogP) is 4.52. The summed E-state index contributed by atoms with van der Waals surface area (Å²) < 4.78 is 5.94. The number of ether oxygens (including phenoxy) is 1. The van der Waals surface area contributed by atoms with Gasteiger partial charge in [0.05, 0.1) is 12.9 Å². The molecule has 0 saturated heterocycles. The van der Waals surface area contributed by atoms with Gasteiger partial charge in [0, 0.05) is 18.8 Å². The Kier molecular flexibility index (Phi) is 8.37. The van der Waals surface area contributed by atoms with Gasteiger partial charge < -0.3 is 15.0 Å². The number of aromatic nitrogens is 2. The third-order valence-electron chi connectivity index (χ3n) is 3.59. The Bertz CT molecular complexity index is 707. The Labute approximate surface area is 169 Å². The summed E-state index contributed by atoms with van der Waals surface area (Å²) in [4.78, 5) is 14.5. The van der Waals surface area contributed by atoms with Gasteiger partial charge in [0.15, 0.2) is 4.34 Å². The number of benzene rings is 1. The Morgan fingerprint density at radius 3 is 2.33 bits per heavy atom. The van der Waals surface area contributed by atoms with Crippen LogP contribution in [0.5, 0.6) is 5.75 Å². The topological polar surface area (TPSA) is 67.3 Å². The number of nitrogens with zero attached hydrogens (tertiary/aromatic N) is 3. The fourth-order valence-electron chi connectivity index (χ4n) is 2.49. The number of hydrogen-bond donors (Lipinski definition) is 1. The summed E-state index contributed by atoms with van der Waals surface area (Å²) in [5.41, 5.74) is 0.916. The number of amides is 1. The zero-order chi connectivity index (χ0) is 19.8. The lowest BCUT2D eigenvalue weighted by molar-refractivity contribution is -0.129. The maximum atomic E-state index is 12.6. The van der Waals surface area contributed by atoms with E-state index in [1.807, 2.05) is 29.2 Å². The Morgan fingerprint density at radius 2 is 1.78 bits per heavy atom. The van der Waals surface area contributed by atoms with Gasteiger partial charge in [-0.3, -0.25) is 4.79 Å². The summed E-state index contributed by atoms with van der Waals surface area (Å²) in [6.45, 7) is 10.1. The minimum absolute atomic E-state index is 0.155. The van der Waals surface area contributed by atoms with Gasteiger partial charge in [0.25, 0.3) is 0 Å². The number of hydrogen-bond acceptors (Lipinski definition) is 7. The highest BCUT2D eigenvalue weighted by Gasteiger charge is 2.17. The van der Waals surface area contributed by atoms with Crippen LogP contribution in [0.3, 0.4) is 0 Å². The lowest BCUT2D eigenvalue weighted by Gasteiger charge is -2.26. The normalized spacial score (nSPS) is 11.1. The van der Waals surface area contributed by atoms with Crippen molar-refractivity contribution in [2.75, 3.05) is 31.3 Å².